The first-order chi connectivity index (χ1) is 15.6. The van der Waals surface area contributed by atoms with Crippen molar-refractivity contribution in [1.82, 2.24) is 9.97 Å². The number of non-ortho nitro benzene ring substituents is 1. The molecule has 4 aromatic rings. The van der Waals surface area contributed by atoms with Crippen molar-refractivity contribution in [3.63, 3.8) is 0 Å². The zero-order valence-electron chi connectivity index (χ0n) is 16.7. The molecule has 3 heterocycles. The number of pyridine rings is 1. The Kier molecular flexibility index (Phi) is 5.08. The highest BCUT2D eigenvalue weighted by atomic mass is 32.1. The van der Waals surface area contributed by atoms with E-state index in [1.54, 1.807) is 23.2 Å². The summed E-state index contributed by atoms with van der Waals surface area (Å²) in [5.41, 5.74) is 3.88. The van der Waals surface area contributed by atoms with Crippen LogP contribution in [-0.2, 0) is 11.3 Å². The van der Waals surface area contributed by atoms with Gasteiger partial charge in [0.2, 0.25) is 0 Å². The lowest BCUT2D eigenvalue weighted by atomic mass is 10.1. The molecule has 1 aliphatic rings. The van der Waals surface area contributed by atoms with Gasteiger partial charge in [0.1, 0.15) is 10.8 Å². The number of ether oxygens (including phenoxy) is 1. The molecule has 0 saturated carbocycles. The minimum Gasteiger partial charge on any atom is -0.482 e. The minimum atomic E-state index is -0.446. The third-order valence-corrected chi connectivity index (χ3v) is 5.94. The molecule has 0 unspecified atom stereocenters. The molecule has 0 bridgehead atoms. The molecule has 0 aliphatic carbocycles. The molecule has 2 aromatic carbocycles. The maximum Gasteiger partial charge on any atom is 0.269 e. The van der Waals surface area contributed by atoms with Gasteiger partial charge in [0.05, 0.1) is 28.5 Å². The average molecular weight is 444 g/mol. The molecule has 1 aliphatic heterocycles. The largest absolute Gasteiger partial charge is 0.482 e. The van der Waals surface area contributed by atoms with E-state index < -0.39 is 4.92 Å². The van der Waals surface area contributed by atoms with E-state index in [0.717, 1.165) is 27.5 Å². The summed E-state index contributed by atoms with van der Waals surface area (Å²) < 4.78 is 5.61. The Hall–Kier alpha value is -4.11. The molecule has 0 spiro atoms. The van der Waals surface area contributed by atoms with Crippen LogP contribution >= 0.6 is 11.3 Å². The van der Waals surface area contributed by atoms with E-state index in [1.165, 1.54) is 23.5 Å². The van der Waals surface area contributed by atoms with Gasteiger partial charge in [0.25, 0.3) is 11.6 Å². The molecule has 32 heavy (non-hydrogen) atoms. The number of carbonyl (C=O) groups is 1. The molecule has 2 aromatic heterocycles. The van der Waals surface area contributed by atoms with Gasteiger partial charge in [0.15, 0.2) is 6.61 Å². The van der Waals surface area contributed by atoms with Crippen molar-refractivity contribution >= 4 is 28.6 Å². The van der Waals surface area contributed by atoms with Crippen LogP contribution in [0.25, 0.3) is 22.0 Å². The second kappa shape index (κ2) is 8.20. The molecule has 1 amide bonds. The predicted octanol–water partition coefficient (Wildman–Crippen LogP) is 4.71. The normalized spacial score (nSPS) is 12.9. The van der Waals surface area contributed by atoms with E-state index in [0.29, 0.717) is 11.4 Å². The standard InChI is InChI=1S/C23H16N4O4S/c28-22-13-31-21-9-6-16(19-14-32-23(25-19)18-3-1-2-10-24-18)11-20(21)26(22)12-15-4-7-17(8-5-15)27(29)30/h1-11,14H,12-13H2. The Labute approximate surface area is 186 Å². The Morgan fingerprint density at radius 2 is 1.94 bits per heavy atom. The van der Waals surface area contributed by atoms with Crippen LogP contribution in [0.2, 0.25) is 0 Å². The summed E-state index contributed by atoms with van der Waals surface area (Å²) in [7, 11) is 0. The first-order valence-electron chi connectivity index (χ1n) is 9.76. The van der Waals surface area contributed by atoms with Gasteiger partial charge >= 0.3 is 0 Å². The maximum absolute atomic E-state index is 12.6. The summed E-state index contributed by atoms with van der Waals surface area (Å²) in [4.78, 5) is 33.8. The summed E-state index contributed by atoms with van der Waals surface area (Å²) in [6.45, 7) is 0.229. The molecular formula is C23H16N4O4S. The number of hydrogen-bond acceptors (Lipinski definition) is 7. The lowest BCUT2D eigenvalue weighted by molar-refractivity contribution is -0.384. The zero-order valence-corrected chi connectivity index (χ0v) is 17.5. The van der Waals surface area contributed by atoms with Crippen molar-refractivity contribution in [3.8, 4) is 27.7 Å². The second-order valence-corrected chi connectivity index (χ2v) is 7.99. The summed E-state index contributed by atoms with van der Waals surface area (Å²) in [5, 5.41) is 13.7. The third-order valence-electron chi connectivity index (χ3n) is 5.07. The number of carbonyl (C=O) groups excluding carboxylic acids is 1. The molecule has 0 radical (unpaired) electrons. The average Bonchev–Trinajstić information content (AvgIpc) is 3.32. The highest BCUT2D eigenvalue weighted by molar-refractivity contribution is 7.13. The molecular weight excluding hydrogens is 428 g/mol. The van der Waals surface area contributed by atoms with Crippen LogP contribution in [0.1, 0.15) is 5.56 Å². The molecule has 0 N–H and O–H groups in total. The highest BCUT2D eigenvalue weighted by Crippen LogP contribution is 2.38. The molecule has 8 nitrogen and oxygen atoms in total. The van der Waals surface area contributed by atoms with Crippen molar-refractivity contribution in [3.05, 3.63) is 87.9 Å². The van der Waals surface area contributed by atoms with Gasteiger partial charge in [-0.05, 0) is 35.9 Å². The van der Waals surface area contributed by atoms with Gasteiger partial charge in [-0.25, -0.2) is 4.98 Å². The summed E-state index contributed by atoms with van der Waals surface area (Å²) in [5.74, 6) is 0.427. The first-order valence-corrected chi connectivity index (χ1v) is 10.6. The SMILES string of the molecule is O=C1COc2ccc(-c3csc(-c4ccccn4)n3)cc2N1Cc1ccc([N+](=O)[O-])cc1. The number of benzene rings is 2. The van der Waals surface area contributed by atoms with E-state index >= 15 is 0 Å². The molecule has 5 rings (SSSR count). The highest BCUT2D eigenvalue weighted by Gasteiger charge is 2.26. The number of amides is 1. The molecule has 9 heteroatoms. The fourth-order valence-corrected chi connectivity index (χ4v) is 4.26. The molecule has 158 valence electrons. The van der Waals surface area contributed by atoms with Crippen LogP contribution in [0.15, 0.2) is 72.2 Å². The fraction of sp³-hybridized carbons (Fsp3) is 0.0870. The van der Waals surface area contributed by atoms with Crippen LogP contribution in [0.5, 0.6) is 5.75 Å². The Balaban J connectivity index is 1.46. The number of nitro groups is 1. The monoisotopic (exact) mass is 444 g/mol. The molecule has 0 saturated heterocycles. The lowest BCUT2D eigenvalue weighted by Gasteiger charge is -2.29. The second-order valence-electron chi connectivity index (χ2n) is 7.13. The number of hydrogen-bond donors (Lipinski definition) is 0. The maximum atomic E-state index is 12.6. The topological polar surface area (TPSA) is 98.5 Å². The fourth-order valence-electron chi connectivity index (χ4n) is 3.45. The number of anilines is 1. The molecule has 0 fully saturated rings. The van der Waals surface area contributed by atoms with Crippen LogP contribution in [0.4, 0.5) is 11.4 Å². The Morgan fingerprint density at radius 1 is 1.09 bits per heavy atom. The van der Waals surface area contributed by atoms with Crippen molar-refractivity contribution in [1.29, 1.82) is 0 Å². The minimum absolute atomic E-state index is 0.0111. The van der Waals surface area contributed by atoms with Gasteiger partial charge in [-0.3, -0.25) is 19.9 Å². The van der Waals surface area contributed by atoms with E-state index in [1.807, 2.05) is 41.8 Å². The Morgan fingerprint density at radius 3 is 2.69 bits per heavy atom. The number of rotatable bonds is 5. The van der Waals surface area contributed by atoms with Gasteiger partial charge < -0.3 is 9.64 Å². The van der Waals surface area contributed by atoms with Crippen molar-refractivity contribution < 1.29 is 14.5 Å². The van der Waals surface area contributed by atoms with Gasteiger partial charge in [-0.1, -0.05) is 18.2 Å². The smallest absolute Gasteiger partial charge is 0.269 e. The number of aromatic nitrogens is 2. The third kappa shape index (κ3) is 3.81. The first kappa shape index (κ1) is 19.8. The van der Waals surface area contributed by atoms with Crippen molar-refractivity contribution in [2.75, 3.05) is 11.5 Å². The van der Waals surface area contributed by atoms with Crippen LogP contribution in [0, 0.1) is 10.1 Å². The number of nitrogens with zero attached hydrogens (tertiary/aromatic N) is 4. The lowest BCUT2D eigenvalue weighted by Crippen LogP contribution is -2.38. The number of nitro benzene ring substituents is 1. The van der Waals surface area contributed by atoms with Gasteiger partial charge in [0, 0.05) is 29.3 Å². The van der Waals surface area contributed by atoms with E-state index in [-0.39, 0.29) is 24.7 Å². The van der Waals surface area contributed by atoms with E-state index in [2.05, 4.69) is 4.98 Å². The van der Waals surface area contributed by atoms with Crippen LogP contribution < -0.4 is 9.64 Å². The van der Waals surface area contributed by atoms with E-state index in [4.69, 9.17) is 9.72 Å². The summed E-state index contributed by atoms with van der Waals surface area (Å²) in [6.07, 6.45) is 1.73. The van der Waals surface area contributed by atoms with Crippen molar-refractivity contribution in [2.24, 2.45) is 0 Å². The van der Waals surface area contributed by atoms with Gasteiger partial charge in [-0.2, -0.15) is 0 Å². The Bertz CT molecular complexity index is 1310. The van der Waals surface area contributed by atoms with E-state index in [9.17, 15) is 14.9 Å². The summed E-state index contributed by atoms with van der Waals surface area (Å²) >= 11 is 1.50. The molecule has 0 atom stereocenters. The van der Waals surface area contributed by atoms with Gasteiger partial charge in [-0.15, -0.1) is 11.3 Å². The number of thiazole rings is 1. The van der Waals surface area contributed by atoms with Crippen LogP contribution in [-0.4, -0.2) is 27.4 Å². The summed E-state index contributed by atoms with van der Waals surface area (Å²) in [6, 6.07) is 17.5. The number of fused-ring (bicyclic) bond motifs is 1. The quantitative estimate of drug-likeness (QED) is 0.327. The van der Waals surface area contributed by atoms with Crippen LogP contribution in [0.3, 0.4) is 0 Å². The predicted molar refractivity (Wildman–Crippen MR) is 121 cm³/mol. The van der Waals surface area contributed by atoms with Crippen molar-refractivity contribution in [2.45, 2.75) is 6.54 Å². The zero-order chi connectivity index (χ0) is 22.1.